The van der Waals surface area contributed by atoms with Crippen molar-refractivity contribution >= 4 is 23.4 Å². The van der Waals surface area contributed by atoms with Gasteiger partial charge in [-0.25, -0.2) is 0 Å². The number of rotatable bonds is 5. The number of aryl methyl sites for hydroxylation is 1. The topological polar surface area (TPSA) is 58.6 Å². The molecule has 5 nitrogen and oxygen atoms in total. The molecule has 0 aliphatic carbocycles. The van der Waals surface area contributed by atoms with E-state index in [0.717, 1.165) is 11.1 Å². The van der Waals surface area contributed by atoms with Crippen LogP contribution >= 0.6 is 11.6 Å². The SMILES string of the molecule is Cc1ccc(CN2C[C@]34C=C[C@H](O3)[C@H](C(=O)NCc3ccccc3Cl)[C@H]4C2=O)cc1. The first-order valence-electron chi connectivity index (χ1n) is 10.2. The standard InChI is InChI=1S/C24H23ClN2O3/c1-15-6-8-16(9-7-15)13-27-14-24-11-10-19(30-24)20(21(24)23(27)29)22(28)26-12-17-4-2-3-5-18(17)25/h2-11,19-21H,12-14H2,1H3,(H,26,28)/t19-,20-,21-,24-/m0/s1. The van der Waals surface area contributed by atoms with E-state index in [9.17, 15) is 9.59 Å². The summed E-state index contributed by atoms with van der Waals surface area (Å²) >= 11 is 6.20. The van der Waals surface area contributed by atoms with Crippen molar-refractivity contribution in [2.45, 2.75) is 31.7 Å². The second kappa shape index (κ2) is 7.25. The summed E-state index contributed by atoms with van der Waals surface area (Å²) in [5, 5.41) is 3.57. The molecule has 4 atom stereocenters. The Labute approximate surface area is 180 Å². The van der Waals surface area contributed by atoms with Crippen LogP contribution in [0.1, 0.15) is 16.7 Å². The van der Waals surface area contributed by atoms with E-state index < -0.39 is 17.4 Å². The fraction of sp³-hybridized carbons (Fsp3) is 0.333. The number of ether oxygens (including phenoxy) is 1. The highest BCUT2D eigenvalue weighted by Crippen LogP contribution is 2.52. The van der Waals surface area contributed by atoms with Crippen LogP contribution in [0.5, 0.6) is 0 Å². The number of hydrogen-bond acceptors (Lipinski definition) is 3. The van der Waals surface area contributed by atoms with Crippen LogP contribution in [-0.4, -0.2) is 35.0 Å². The van der Waals surface area contributed by atoms with Crippen LogP contribution in [0.25, 0.3) is 0 Å². The van der Waals surface area contributed by atoms with Gasteiger partial charge in [0.05, 0.1) is 24.5 Å². The maximum Gasteiger partial charge on any atom is 0.230 e. The number of amides is 2. The molecule has 3 aliphatic heterocycles. The van der Waals surface area contributed by atoms with Crippen LogP contribution in [0, 0.1) is 18.8 Å². The van der Waals surface area contributed by atoms with Gasteiger partial charge in [-0.3, -0.25) is 9.59 Å². The highest BCUT2D eigenvalue weighted by atomic mass is 35.5. The van der Waals surface area contributed by atoms with Gasteiger partial charge in [0.25, 0.3) is 0 Å². The van der Waals surface area contributed by atoms with Crippen molar-refractivity contribution in [2.24, 2.45) is 11.8 Å². The molecule has 3 aliphatic rings. The number of carbonyl (C=O) groups is 2. The normalized spacial score (nSPS) is 28.8. The van der Waals surface area contributed by atoms with E-state index in [4.69, 9.17) is 16.3 Å². The Bertz CT molecular complexity index is 1040. The molecule has 6 heteroatoms. The second-order valence-electron chi connectivity index (χ2n) is 8.39. The molecule has 0 aromatic heterocycles. The summed E-state index contributed by atoms with van der Waals surface area (Å²) in [4.78, 5) is 28.2. The zero-order valence-electron chi connectivity index (χ0n) is 16.7. The molecule has 0 unspecified atom stereocenters. The van der Waals surface area contributed by atoms with Crippen LogP contribution in [0.3, 0.4) is 0 Å². The Morgan fingerprint density at radius 2 is 2.00 bits per heavy atom. The molecule has 2 aromatic rings. The smallest absolute Gasteiger partial charge is 0.230 e. The summed E-state index contributed by atoms with van der Waals surface area (Å²) < 4.78 is 6.19. The molecule has 30 heavy (non-hydrogen) atoms. The van der Waals surface area contributed by atoms with Gasteiger partial charge in [-0.05, 0) is 24.1 Å². The Morgan fingerprint density at radius 3 is 2.77 bits per heavy atom. The third-order valence-electron chi connectivity index (χ3n) is 6.39. The number of fused-ring (bicyclic) bond motifs is 1. The van der Waals surface area contributed by atoms with E-state index in [1.807, 2.05) is 66.4 Å². The monoisotopic (exact) mass is 422 g/mol. The van der Waals surface area contributed by atoms with Crippen molar-refractivity contribution in [3.63, 3.8) is 0 Å². The largest absolute Gasteiger partial charge is 0.360 e. The van der Waals surface area contributed by atoms with E-state index in [1.165, 1.54) is 5.56 Å². The molecule has 2 aromatic carbocycles. The van der Waals surface area contributed by atoms with E-state index in [1.54, 1.807) is 6.07 Å². The summed E-state index contributed by atoms with van der Waals surface area (Å²) in [7, 11) is 0. The molecule has 2 fully saturated rings. The van der Waals surface area contributed by atoms with Crippen LogP contribution in [0.4, 0.5) is 0 Å². The summed E-state index contributed by atoms with van der Waals surface area (Å²) in [6.07, 6.45) is 3.55. The first-order valence-corrected chi connectivity index (χ1v) is 10.6. The van der Waals surface area contributed by atoms with Crippen LogP contribution in [0.15, 0.2) is 60.7 Å². The van der Waals surface area contributed by atoms with Crippen molar-refractivity contribution in [1.82, 2.24) is 10.2 Å². The average Bonchev–Trinajstić information content (AvgIpc) is 3.37. The molecule has 0 saturated carbocycles. The predicted octanol–water partition coefficient (Wildman–Crippen LogP) is 3.25. The summed E-state index contributed by atoms with van der Waals surface area (Å²) in [5.74, 6) is -1.18. The van der Waals surface area contributed by atoms with Crippen molar-refractivity contribution < 1.29 is 14.3 Å². The van der Waals surface area contributed by atoms with Gasteiger partial charge in [-0.15, -0.1) is 0 Å². The highest BCUT2D eigenvalue weighted by molar-refractivity contribution is 6.31. The van der Waals surface area contributed by atoms with Crippen molar-refractivity contribution in [1.29, 1.82) is 0 Å². The molecule has 154 valence electrons. The summed E-state index contributed by atoms with van der Waals surface area (Å²) in [6.45, 7) is 3.36. The molecule has 1 N–H and O–H groups in total. The fourth-order valence-corrected chi connectivity index (χ4v) is 5.07. The minimum absolute atomic E-state index is 0.0136. The Balaban J connectivity index is 1.32. The maximum atomic E-state index is 13.3. The van der Waals surface area contributed by atoms with Gasteiger partial charge in [0.2, 0.25) is 11.8 Å². The maximum absolute atomic E-state index is 13.3. The Kier molecular flexibility index (Phi) is 4.68. The minimum Gasteiger partial charge on any atom is -0.360 e. The van der Waals surface area contributed by atoms with Crippen LogP contribution in [-0.2, 0) is 27.4 Å². The lowest BCUT2D eigenvalue weighted by molar-refractivity contribution is -0.137. The summed E-state index contributed by atoms with van der Waals surface area (Å²) in [5.41, 5.74) is 2.41. The van der Waals surface area contributed by atoms with E-state index in [0.29, 0.717) is 24.7 Å². The molecule has 2 bridgehead atoms. The van der Waals surface area contributed by atoms with E-state index in [2.05, 4.69) is 5.32 Å². The molecule has 0 radical (unpaired) electrons. The number of nitrogens with zero attached hydrogens (tertiary/aromatic N) is 1. The van der Waals surface area contributed by atoms with Gasteiger partial charge in [-0.2, -0.15) is 0 Å². The highest BCUT2D eigenvalue weighted by Gasteiger charge is 2.66. The van der Waals surface area contributed by atoms with Crippen molar-refractivity contribution in [3.05, 3.63) is 82.4 Å². The quantitative estimate of drug-likeness (QED) is 0.752. The van der Waals surface area contributed by atoms with E-state index in [-0.39, 0.29) is 17.9 Å². The molecule has 2 saturated heterocycles. The molecule has 5 rings (SSSR count). The molecule has 2 amide bonds. The number of carbonyl (C=O) groups excluding carboxylic acids is 2. The van der Waals surface area contributed by atoms with Gasteiger partial charge >= 0.3 is 0 Å². The first kappa shape index (κ1) is 19.3. The van der Waals surface area contributed by atoms with Gasteiger partial charge in [0.15, 0.2) is 0 Å². The fourth-order valence-electron chi connectivity index (χ4n) is 4.87. The molecular formula is C24H23ClN2O3. The third-order valence-corrected chi connectivity index (χ3v) is 6.76. The van der Waals surface area contributed by atoms with Gasteiger partial charge in [-0.1, -0.05) is 71.8 Å². The predicted molar refractivity (Wildman–Crippen MR) is 114 cm³/mol. The second-order valence-corrected chi connectivity index (χ2v) is 8.80. The van der Waals surface area contributed by atoms with Crippen LogP contribution < -0.4 is 5.32 Å². The molecule has 1 spiro atoms. The Hall–Kier alpha value is -2.63. The zero-order valence-corrected chi connectivity index (χ0v) is 17.4. The minimum atomic E-state index is -0.696. The number of likely N-dealkylation sites (tertiary alicyclic amines) is 1. The number of nitrogens with one attached hydrogen (secondary N) is 1. The van der Waals surface area contributed by atoms with Gasteiger partial charge in [0.1, 0.15) is 5.60 Å². The lowest BCUT2D eigenvalue weighted by Crippen LogP contribution is -2.43. The average molecular weight is 423 g/mol. The third kappa shape index (κ3) is 3.13. The number of hydrogen-bond donors (Lipinski definition) is 1. The molecular weight excluding hydrogens is 400 g/mol. The van der Waals surface area contributed by atoms with Crippen LogP contribution in [0.2, 0.25) is 5.02 Å². The van der Waals surface area contributed by atoms with E-state index >= 15 is 0 Å². The summed E-state index contributed by atoms with van der Waals surface area (Å²) in [6, 6.07) is 15.6. The van der Waals surface area contributed by atoms with Gasteiger partial charge < -0.3 is 15.0 Å². The number of benzene rings is 2. The number of halogens is 1. The lowest BCUT2D eigenvalue weighted by atomic mass is 9.77. The first-order chi connectivity index (χ1) is 14.5. The van der Waals surface area contributed by atoms with Crippen molar-refractivity contribution in [3.8, 4) is 0 Å². The molecule has 3 heterocycles. The Morgan fingerprint density at radius 1 is 1.23 bits per heavy atom. The van der Waals surface area contributed by atoms with Gasteiger partial charge in [0, 0.05) is 18.1 Å². The zero-order chi connectivity index (χ0) is 20.9. The van der Waals surface area contributed by atoms with Crippen molar-refractivity contribution in [2.75, 3.05) is 6.54 Å². The lowest BCUT2D eigenvalue weighted by Gasteiger charge is -2.23.